The molecule has 0 saturated heterocycles. The Balaban J connectivity index is 2.49. The molecule has 0 bridgehead atoms. The second kappa shape index (κ2) is 8.89. The smallest absolute Gasteiger partial charge is 0.428 e. The molecule has 1 atom stereocenters. The lowest BCUT2D eigenvalue weighted by Crippen LogP contribution is -2.30. The number of hydrogen-bond acceptors (Lipinski definition) is 6. The number of carbonyl (C=O) groups excluding carboxylic acids is 2. The molecule has 7 heteroatoms. The number of esters is 1. The van der Waals surface area contributed by atoms with Crippen molar-refractivity contribution in [3.8, 4) is 0 Å². The first-order valence-corrected chi connectivity index (χ1v) is 7.08. The average Bonchev–Trinajstić information content (AvgIpc) is 2.49. The lowest BCUT2D eigenvalue weighted by molar-refractivity contribution is -0.153. The fraction of sp³-hybridized carbons (Fsp3) is 0.438. The lowest BCUT2D eigenvalue weighted by Gasteiger charge is -2.18. The van der Waals surface area contributed by atoms with Crippen molar-refractivity contribution in [3.05, 3.63) is 35.9 Å². The van der Waals surface area contributed by atoms with Crippen molar-refractivity contribution in [1.82, 2.24) is 5.43 Å². The van der Waals surface area contributed by atoms with Gasteiger partial charge in [0.25, 0.3) is 0 Å². The van der Waals surface area contributed by atoms with Gasteiger partial charge in [-0.1, -0.05) is 30.3 Å². The molecule has 1 amide bonds. The van der Waals surface area contributed by atoms with Gasteiger partial charge in [0.1, 0.15) is 5.60 Å². The van der Waals surface area contributed by atoms with E-state index >= 15 is 0 Å². The third kappa shape index (κ3) is 7.42. The molecule has 0 heterocycles. The second-order valence-corrected chi connectivity index (χ2v) is 5.57. The third-order valence-corrected chi connectivity index (χ3v) is 2.50. The molecular formula is C16H22N2O5. The van der Waals surface area contributed by atoms with E-state index in [-0.39, 0.29) is 6.61 Å². The maximum atomic E-state index is 11.8. The Morgan fingerprint density at radius 2 is 1.91 bits per heavy atom. The van der Waals surface area contributed by atoms with Crippen LogP contribution < -0.4 is 5.43 Å². The summed E-state index contributed by atoms with van der Waals surface area (Å²) in [5, 5.41) is 3.68. The first-order chi connectivity index (χ1) is 10.8. The minimum absolute atomic E-state index is 0.0183. The van der Waals surface area contributed by atoms with Gasteiger partial charge in [0.05, 0.1) is 19.9 Å². The maximum Gasteiger partial charge on any atom is 0.428 e. The van der Waals surface area contributed by atoms with Crippen LogP contribution in [0.1, 0.15) is 32.4 Å². The number of methoxy groups -OCH3 is 1. The summed E-state index contributed by atoms with van der Waals surface area (Å²) < 4.78 is 15.2. The maximum absolute atomic E-state index is 11.8. The van der Waals surface area contributed by atoms with E-state index in [9.17, 15) is 9.59 Å². The third-order valence-electron chi connectivity index (χ3n) is 2.50. The standard InChI is InChI=1S/C16H22N2O5/c1-16(2,3)23-15(20)18-17-10-11-22-13(14(19)21-4)12-8-6-5-7-9-12/h5-10,13H,11H2,1-4H3,(H,18,20)/b17-10+. The van der Waals surface area contributed by atoms with Crippen LogP contribution in [0.25, 0.3) is 0 Å². The molecule has 0 aliphatic rings. The number of hydrazone groups is 1. The molecule has 7 nitrogen and oxygen atoms in total. The molecule has 1 aromatic rings. The Hall–Kier alpha value is -2.41. The quantitative estimate of drug-likeness (QED) is 0.494. The van der Waals surface area contributed by atoms with Gasteiger partial charge in [0.2, 0.25) is 0 Å². The van der Waals surface area contributed by atoms with Crippen LogP contribution in [0.3, 0.4) is 0 Å². The number of ether oxygens (including phenoxy) is 3. The highest BCUT2D eigenvalue weighted by Gasteiger charge is 2.21. The van der Waals surface area contributed by atoms with Crippen LogP contribution in [-0.2, 0) is 19.0 Å². The van der Waals surface area contributed by atoms with E-state index in [1.54, 1.807) is 45.0 Å². The van der Waals surface area contributed by atoms with E-state index in [0.717, 1.165) is 0 Å². The van der Waals surface area contributed by atoms with E-state index < -0.39 is 23.8 Å². The van der Waals surface area contributed by atoms with Crippen LogP contribution in [0, 0.1) is 0 Å². The predicted octanol–water partition coefficient (Wildman–Crippen LogP) is 2.43. The first kappa shape index (κ1) is 18.6. The monoisotopic (exact) mass is 322 g/mol. The Morgan fingerprint density at radius 1 is 1.26 bits per heavy atom. The van der Waals surface area contributed by atoms with Gasteiger partial charge < -0.3 is 14.2 Å². The van der Waals surface area contributed by atoms with E-state index in [1.807, 2.05) is 6.07 Å². The zero-order chi connectivity index (χ0) is 17.3. The van der Waals surface area contributed by atoms with Gasteiger partial charge in [-0.2, -0.15) is 5.10 Å². The fourth-order valence-electron chi connectivity index (χ4n) is 1.61. The van der Waals surface area contributed by atoms with Gasteiger partial charge in [-0.15, -0.1) is 0 Å². The summed E-state index contributed by atoms with van der Waals surface area (Å²) in [6, 6.07) is 8.96. The zero-order valence-electron chi connectivity index (χ0n) is 13.7. The Labute approximate surface area is 135 Å². The van der Waals surface area contributed by atoms with Gasteiger partial charge in [0, 0.05) is 0 Å². The van der Waals surface area contributed by atoms with E-state index in [4.69, 9.17) is 14.2 Å². The molecular weight excluding hydrogens is 300 g/mol. The van der Waals surface area contributed by atoms with Crippen molar-refractivity contribution < 1.29 is 23.8 Å². The van der Waals surface area contributed by atoms with Crippen LogP contribution >= 0.6 is 0 Å². The molecule has 23 heavy (non-hydrogen) atoms. The van der Waals surface area contributed by atoms with E-state index in [1.165, 1.54) is 13.3 Å². The predicted molar refractivity (Wildman–Crippen MR) is 85.0 cm³/mol. The lowest BCUT2D eigenvalue weighted by atomic mass is 10.1. The minimum Gasteiger partial charge on any atom is -0.467 e. The SMILES string of the molecule is COC(=O)C(OC/C=N/NC(=O)OC(C)(C)C)c1ccccc1. The van der Waals surface area contributed by atoms with Crippen molar-refractivity contribution in [2.75, 3.05) is 13.7 Å². The summed E-state index contributed by atoms with van der Waals surface area (Å²) in [6.07, 6.45) is -0.196. The van der Waals surface area contributed by atoms with Crippen molar-refractivity contribution in [3.63, 3.8) is 0 Å². The molecule has 1 N–H and O–H groups in total. The summed E-state index contributed by atoms with van der Waals surface area (Å²) >= 11 is 0. The van der Waals surface area contributed by atoms with Crippen molar-refractivity contribution in [2.24, 2.45) is 5.10 Å². The number of benzene rings is 1. The molecule has 0 spiro atoms. The molecule has 0 aromatic heterocycles. The number of amides is 1. The molecule has 0 aliphatic heterocycles. The number of nitrogens with zero attached hydrogens (tertiary/aromatic N) is 1. The molecule has 1 aromatic carbocycles. The molecule has 1 rings (SSSR count). The topological polar surface area (TPSA) is 86.2 Å². The number of rotatable bonds is 6. The molecule has 0 fully saturated rings. The van der Waals surface area contributed by atoms with Crippen molar-refractivity contribution >= 4 is 18.3 Å². The normalized spacial score (nSPS) is 12.7. The Bertz CT molecular complexity index is 537. The average molecular weight is 322 g/mol. The van der Waals surface area contributed by atoms with Crippen molar-refractivity contribution in [2.45, 2.75) is 32.5 Å². The summed E-state index contributed by atoms with van der Waals surface area (Å²) in [5.74, 6) is -0.510. The number of hydrogen-bond donors (Lipinski definition) is 1. The van der Waals surface area contributed by atoms with Crippen LogP contribution in [0.15, 0.2) is 35.4 Å². The van der Waals surface area contributed by atoms with Crippen molar-refractivity contribution in [1.29, 1.82) is 0 Å². The van der Waals surface area contributed by atoms with Gasteiger partial charge in [-0.25, -0.2) is 15.0 Å². The summed E-state index contributed by atoms with van der Waals surface area (Å²) in [4.78, 5) is 23.1. The minimum atomic E-state index is -0.853. The summed E-state index contributed by atoms with van der Waals surface area (Å²) in [5.41, 5.74) is 2.28. The molecule has 0 saturated carbocycles. The second-order valence-electron chi connectivity index (χ2n) is 5.57. The number of nitrogens with one attached hydrogen (secondary N) is 1. The van der Waals surface area contributed by atoms with Gasteiger partial charge >= 0.3 is 12.1 Å². The highest BCUT2D eigenvalue weighted by Crippen LogP contribution is 2.18. The fourth-order valence-corrected chi connectivity index (χ4v) is 1.61. The highest BCUT2D eigenvalue weighted by atomic mass is 16.6. The van der Waals surface area contributed by atoms with Crippen LogP contribution in [0.2, 0.25) is 0 Å². The number of carbonyl (C=O) groups is 2. The first-order valence-electron chi connectivity index (χ1n) is 7.08. The Morgan fingerprint density at radius 3 is 2.48 bits per heavy atom. The molecule has 0 radical (unpaired) electrons. The van der Waals surface area contributed by atoms with Gasteiger partial charge in [-0.05, 0) is 26.3 Å². The molecule has 1 unspecified atom stereocenters. The van der Waals surface area contributed by atoms with E-state index in [2.05, 4.69) is 10.5 Å². The molecule has 126 valence electrons. The zero-order valence-corrected chi connectivity index (χ0v) is 13.7. The van der Waals surface area contributed by atoms with Crippen LogP contribution in [0.4, 0.5) is 4.79 Å². The summed E-state index contributed by atoms with van der Waals surface area (Å²) in [7, 11) is 1.29. The van der Waals surface area contributed by atoms with Crippen LogP contribution in [-0.4, -0.2) is 37.6 Å². The largest absolute Gasteiger partial charge is 0.467 e. The summed E-state index contributed by atoms with van der Waals surface area (Å²) in [6.45, 7) is 5.27. The van der Waals surface area contributed by atoms with Crippen LogP contribution in [0.5, 0.6) is 0 Å². The van der Waals surface area contributed by atoms with Gasteiger partial charge in [-0.3, -0.25) is 0 Å². The van der Waals surface area contributed by atoms with E-state index in [0.29, 0.717) is 5.56 Å². The molecule has 0 aliphatic carbocycles. The Kier molecular flexibility index (Phi) is 7.21. The highest BCUT2D eigenvalue weighted by molar-refractivity contribution is 5.76. The van der Waals surface area contributed by atoms with Gasteiger partial charge in [0.15, 0.2) is 6.10 Å².